The second kappa shape index (κ2) is 5.71. The van der Waals surface area contributed by atoms with Crippen LogP contribution < -0.4 is 10.5 Å². The van der Waals surface area contributed by atoms with E-state index < -0.39 is 0 Å². The van der Waals surface area contributed by atoms with E-state index >= 15 is 0 Å². The van der Waals surface area contributed by atoms with Gasteiger partial charge in [0.25, 0.3) is 0 Å². The second-order valence-corrected chi connectivity index (χ2v) is 6.73. The van der Waals surface area contributed by atoms with Crippen LogP contribution in [0.5, 0.6) is 5.75 Å². The molecule has 2 rings (SSSR count). The number of methoxy groups -OCH3 is 1. The molecule has 1 atom stereocenters. The molecule has 0 saturated heterocycles. The molecule has 0 fully saturated rings. The molecule has 0 amide bonds. The minimum Gasteiger partial charge on any atom is -0.496 e. The molecule has 2 aromatic rings. The van der Waals surface area contributed by atoms with Gasteiger partial charge in [-0.15, -0.1) is 11.3 Å². The van der Waals surface area contributed by atoms with Gasteiger partial charge >= 0.3 is 0 Å². The summed E-state index contributed by atoms with van der Waals surface area (Å²) in [5, 5.41) is 0. The minimum atomic E-state index is -0.278. The van der Waals surface area contributed by atoms with Crippen LogP contribution in [0.3, 0.4) is 0 Å². The third-order valence-electron chi connectivity index (χ3n) is 3.06. The van der Waals surface area contributed by atoms with Gasteiger partial charge in [-0.3, -0.25) is 0 Å². The highest BCUT2D eigenvalue weighted by atomic mass is 35.5. The van der Waals surface area contributed by atoms with Gasteiger partial charge < -0.3 is 10.5 Å². The summed E-state index contributed by atoms with van der Waals surface area (Å²) in [7, 11) is 1.67. The van der Waals surface area contributed by atoms with Crippen LogP contribution in [0.4, 0.5) is 0 Å². The average Bonchev–Trinajstić information content (AvgIpc) is 2.67. The van der Waals surface area contributed by atoms with Gasteiger partial charge in [0.1, 0.15) is 5.75 Å². The summed E-state index contributed by atoms with van der Waals surface area (Å²) in [4.78, 5) is 0. The van der Waals surface area contributed by atoms with Crippen molar-refractivity contribution in [1.29, 1.82) is 0 Å². The maximum absolute atomic E-state index is 6.28. The van der Waals surface area contributed by atoms with Crippen LogP contribution in [0.1, 0.15) is 28.3 Å². The molecular formula is C14H15Cl2NOS. The lowest BCUT2D eigenvalue weighted by atomic mass is 9.97. The Morgan fingerprint density at radius 3 is 2.16 bits per heavy atom. The SMILES string of the molecule is COc1c(C)cc(C(N)c2cc(Cl)sc2Cl)cc1C. The standard InChI is InChI=1S/C14H15Cl2NOS/c1-7-4-9(5-8(2)13(7)18-3)12(17)10-6-11(15)19-14(10)16/h4-6,12H,17H2,1-3H3. The average molecular weight is 316 g/mol. The molecule has 1 aromatic carbocycles. The van der Waals surface area contributed by atoms with Gasteiger partial charge in [-0.2, -0.15) is 0 Å². The Labute approximate surface area is 127 Å². The highest BCUT2D eigenvalue weighted by Gasteiger charge is 2.17. The zero-order valence-electron chi connectivity index (χ0n) is 11.0. The van der Waals surface area contributed by atoms with E-state index in [4.69, 9.17) is 33.7 Å². The van der Waals surface area contributed by atoms with Gasteiger partial charge in [0.05, 0.1) is 21.8 Å². The summed E-state index contributed by atoms with van der Waals surface area (Å²) < 4.78 is 6.65. The van der Waals surface area contributed by atoms with Crippen LogP contribution >= 0.6 is 34.5 Å². The lowest BCUT2D eigenvalue weighted by Gasteiger charge is -2.16. The number of rotatable bonds is 3. The Kier molecular flexibility index (Phi) is 4.41. The number of thiophene rings is 1. The van der Waals surface area contributed by atoms with E-state index in [2.05, 4.69) is 0 Å². The number of halogens is 2. The molecule has 5 heteroatoms. The van der Waals surface area contributed by atoms with E-state index in [0.717, 1.165) is 28.0 Å². The zero-order chi connectivity index (χ0) is 14.2. The van der Waals surface area contributed by atoms with Crippen LogP contribution in [0.25, 0.3) is 0 Å². The summed E-state index contributed by atoms with van der Waals surface area (Å²) >= 11 is 13.5. The van der Waals surface area contributed by atoms with Gasteiger partial charge in [0, 0.05) is 5.56 Å². The van der Waals surface area contributed by atoms with Crippen molar-refractivity contribution in [2.75, 3.05) is 7.11 Å². The van der Waals surface area contributed by atoms with Gasteiger partial charge in [-0.1, -0.05) is 35.3 Å². The maximum atomic E-state index is 6.28. The topological polar surface area (TPSA) is 35.2 Å². The van der Waals surface area contributed by atoms with Crippen LogP contribution in [0, 0.1) is 13.8 Å². The molecule has 0 saturated carbocycles. The van der Waals surface area contributed by atoms with E-state index in [1.807, 2.05) is 32.0 Å². The maximum Gasteiger partial charge on any atom is 0.124 e. The fraction of sp³-hybridized carbons (Fsp3) is 0.286. The number of benzene rings is 1. The number of ether oxygens (including phenoxy) is 1. The Bertz CT molecular complexity index is 586. The predicted octanol–water partition coefficient (Wildman–Crippen LogP) is 4.73. The number of nitrogens with two attached hydrogens (primary N) is 1. The van der Waals surface area contributed by atoms with Crippen molar-refractivity contribution < 1.29 is 4.74 Å². The molecule has 1 heterocycles. The number of aryl methyl sites for hydroxylation is 2. The first-order chi connectivity index (χ1) is 8.93. The lowest BCUT2D eigenvalue weighted by Crippen LogP contribution is -2.12. The molecule has 1 unspecified atom stereocenters. The first kappa shape index (κ1) is 14.7. The van der Waals surface area contributed by atoms with E-state index in [-0.39, 0.29) is 6.04 Å². The van der Waals surface area contributed by atoms with Crippen LogP contribution in [-0.2, 0) is 0 Å². The van der Waals surface area contributed by atoms with Crippen molar-refractivity contribution in [2.24, 2.45) is 5.73 Å². The molecular weight excluding hydrogens is 301 g/mol. The van der Waals surface area contributed by atoms with Crippen molar-refractivity contribution in [3.05, 3.63) is 49.1 Å². The molecule has 0 bridgehead atoms. The van der Waals surface area contributed by atoms with E-state index in [9.17, 15) is 0 Å². The predicted molar refractivity (Wildman–Crippen MR) is 82.8 cm³/mol. The van der Waals surface area contributed by atoms with Crippen molar-refractivity contribution in [3.63, 3.8) is 0 Å². The summed E-state index contributed by atoms with van der Waals surface area (Å²) in [6.07, 6.45) is 0. The molecule has 1 aromatic heterocycles. The molecule has 2 nitrogen and oxygen atoms in total. The molecule has 102 valence electrons. The largest absolute Gasteiger partial charge is 0.496 e. The molecule has 0 radical (unpaired) electrons. The Hall–Kier alpha value is -0.740. The van der Waals surface area contributed by atoms with Crippen LogP contribution in [0.2, 0.25) is 8.67 Å². The van der Waals surface area contributed by atoms with Crippen molar-refractivity contribution in [2.45, 2.75) is 19.9 Å². The quantitative estimate of drug-likeness (QED) is 0.888. The zero-order valence-corrected chi connectivity index (χ0v) is 13.3. The normalized spacial score (nSPS) is 12.5. The van der Waals surface area contributed by atoms with Crippen LogP contribution in [0.15, 0.2) is 18.2 Å². The molecule has 0 spiro atoms. The fourth-order valence-corrected chi connectivity index (χ4v) is 3.78. The van der Waals surface area contributed by atoms with Crippen molar-refractivity contribution in [3.8, 4) is 5.75 Å². The summed E-state index contributed by atoms with van der Waals surface area (Å²) in [6.45, 7) is 4.01. The van der Waals surface area contributed by atoms with Crippen molar-refractivity contribution in [1.82, 2.24) is 0 Å². The second-order valence-electron chi connectivity index (χ2n) is 4.45. The molecule has 0 aliphatic rings. The highest BCUT2D eigenvalue weighted by Crippen LogP contribution is 2.37. The Morgan fingerprint density at radius 1 is 1.16 bits per heavy atom. The van der Waals surface area contributed by atoms with Gasteiger partial charge in [0.15, 0.2) is 0 Å². The third kappa shape index (κ3) is 2.90. The highest BCUT2D eigenvalue weighted by molar-refractivity contribution is 7.20. The number of hydrogen-bond donors (Lipinski definition) is 1. The number of hydrogen-bond acceptors (Lipinski definition) is 3. The molecule has 0 aliphatic heterocycles. The smallest absolute Gasteiger partial charge is 0.124 e. The van der Waals surface area contributed by atoms with E-state index in [0.29, 0.717) is 8.67 Å². The molecule has 2 N–H and O–H groups in total. The summed E-state index contributed by atoms with van der Waals surface area (Å²) in [5.74, 6) is 0.894. The van der Waals surface area contributed by atoms with Gasteiger partial charge in [0.2, 0.25) is 0 Å². The fourth-order valence-electron chi connectivity index (χ4n) is 2.23. The minimum absolute atomic E-state index is 0.278. The van der Waals surface area contributed by atoms with Crippen molar-refractivity contribution >= 4 is 34.5 Å². The van der Waals surface area contributed by atoms with Gasteiger partial charge in [-0.25, -0.2) is 0 Å². The molecule has 19 heavy (non-hydrogen) atoms. The first-order valence-corrected chi connectivity index (χ1v) is 7.36. The lowest BCUT2D eigenvalue weighted by molar-refractivity contribution is 0.408. The van der Waals surface area contributed by atoms with Crippen LogP contribution in [-0.4, -0.2) is 7.11 Å². The van der Waals surface area contributed by atoms with E-state index in [1.165, 1.54) is 11.3 Å². The first-order valence-electron chi connectivity index (χ1n) is 5.79. The third-order valence-corrected chi connectivity index (χ3v) is 4.58. The van der Waals surface area contributed by atoms with E-state index in [1.54, 1.807) is 7.11 Å². The van der Waals surface area contributed by atoms with Gasteiger partial charge in [-0.05, 0) is 36.6 Å². The Morgan fingerprint density at radius 2 is 1.74 bits per heavy atom. The summed E-state index contributed by atoms with van der Waals surface area (Å²) in [6, 6.07) is 5.60. The monoisotopic (exact) mass is 315 g/mol. The molecule has 0 aliphatic carbocycles. The Balaban J connectivity index is 2.45. The summed E-state index contributed by atoms with van der Waals surface area (Å²) in [5.41, 5.74) is 10.3.